The number of amides is 2. The average molecular weight is 419 g/mol. The Morgan fingerprint density at radius 1 is 1.08 bits per heavy atom. The fourth-order valence-corrected chi connectivity index (χ4v) is 2.38. The van der Waals surface area contributed by atoms with Gasteiger partial charge in [0.05, 0.1) is 20.8 Å². The smallest absolute Gasteiger partial charge is 0.319 e. The molecule has 0 saturated heterocycles. The molecule has 0 bridgehead atoms. The third-order valence-corrected chi connectivity index (χ3v) is 3.70. The van der Waals surface area contributed by atoms with Crippen molar-refractivity contribution < 1.29 is 19.0 Å². The summed E-state index contributed by atoms with van der Waals surface area (Å²) in [6.07, 6.45) is 0. The zero-order chi connectivity index (χ0) is 18.8. The molecule has 2 aromatic carbocycles. The number of hydrogen-bond acceptors (Lipinski definition) is 4. The highest BCUT2D eigenvalue weighted by Gasteiger charge is 2.06. The molecule has 0 unspecified atom stereocenters. The van der Waals surface area contributed by atoms with Crippen LogP contribution in [0.25, 0.3) is 0 Å². The van der Waals surface area contributed by atoms with E-state index in [2.05, 4.69) is 38.4 Å². The van der Waals surface area contributed by atoms with Crippen molar-refractivity contribution >= 4 is 27.6 Å². The summed E-state index contributed by atoms with van der Waals surface area (Å²) < 4.78 is 16.8. The molecule has 136 valence electrons. The topological polar surface area (TPSA) is 68.8 Å². The van der Waals surface area contributed by atoms with Gasteiger partial charge in [0.1, 0.15) is 12.4 Å². The van der Waals surface area contributed by atoms with Crippen molar-refractivity contribution in [1.29, 1.82) is 0 Å². The van der Waals surface area contributed by atoms with Gasteiger partial charge < -0.3 is 24.8 Å². The minimum atomic E-state index is -0.362. The SMILES string of the molecule is COc1ccc(NC(=O)NCC#CCOc2cccc(Br)c2)cc1OC. The minimum absolute atomic E-state index is 0.209. The lowest BCUT2D eigenvalue weighted by molar-refractivity contribution is 0.253. The van der Waals surface area contributed by atoms with E-state index in [1.54, 1.807) is 25.3 Å². The fourth-order valence-electron chi connectivity index (χ4n) is 2.00. The highest BCUT2D eigenvalue weighted by Crippen LogP contribution is 2.29. The Kier molecular flexibility index (Phi) is 7.65. The summed E-state index contributed by atoms with van der Waals surface area (Å²) in [5, 5.41) is 5.35. The Hall–Kier alpha value is -2.85. The maximum atomic E-state index is 11.9. The highest BCUT2D eigenvalue weighted by atomic mass is 79.9. The van der Waals surface area contributed by atoms with Crippen molar-refractivity contribution in [2.24, 2.45) is 0 Å². The van der Waals surface area contributed by atoms with Gasteiger partial charge in [0, 0.05) is 16.2 Å². The van der Waals surface area contributed by atoms with E-state index >= 15 is 0 Å². The number of rotatable bonds is 6. The molecule has 0 spiro atoms. The lowest BCUT2D eigenvalue weighted by atomic mass is 10.3. The number of benzene rings is 2. The normalized spacial score (nSPS) is 9.50. The van der Waals surface area contributed by atoms with Crippen LogP contribution in [0.1, 0.15) is 0 Å². The number of carbonyl (C=O) groups excluding carboxylic acids is 1. The van der Waals surface area contributed by atoms with Gasteiger partial charge in [-0.3, -0.25) is 0 Å². The first-order valence-corrected chi connectivity index (χ1v) is 8.52. The van der Waals surface area contributed by atoms with E-state index in [0.717, 1.165) is 10.2 Å². The number of carbonyl (C=O) groups is 1. The monoisotopic (exact) mass is 418 g/mol. The maximum absolute atomic E-state index is 11.9. The molecule has 7 heteroatoms. The van der Waals surface area contributed by atoms with E-state index in [1.165, 1.54) is 7.11 Å². The largest absolute Gasteiger partial charge is 0.493 e. The standard InChI is InChI=1S/C19H19BrN2O4/c1-24-17-9-8-15(13-18(17)25-2)22-19(23)21-10-3-4-11-26-16-7-5-6-14(20)12-16/h5-9,12-13H,10-11H2,1-2H3,(H2,21,22,23). The quantitative estimate of drug-likeness (QED) is 0.702. The Bertz CT molecular complexity index is 815. The molecule has 0 aromatic heterocycles. The van der Waals surface area contributed by atoms with Crippen LogP contribution in [-0.2, 0) is 0 Å². The van der Waals surface area contributed by atoms with Gasteiger partial charge in [-0.05, 0) is 30.3 Å². The Morgan fingerprint density at radius 2 is 1.88 bits per heavy atom. The molecule has 0 radical (unpaired) electrons. The van der Waals surface area contributed by atoms with Gasteiger partial charge in [-0.2, -0.15) is 0 Å². The zero-order valence-electron chi connectivity index (χ0n) is 14.5. The van der Waals surface area contributed by atoms with E-state index in [-0.39, 0.29) is 19.2 Å². The van der Waals surface area contributed by atoms with E-state index in [1.807, 2.05) is 24.3 Å². The summed E-state index contributed by atoms with van der Waals surface area (Å²) in [4.78, 5) is 11.9. The molecule has 0 fully saturated rings. The number of anilines is 1. The van der Waals surface area contributed by atoms with Crippen molar-refractivity contribution in [2.45, 2.75) is 0 Å². The molecule has 0 atom stereocenters. The van der Waals surface area contributed by atoms with Crippen LogP contribution < -0.4 is 24.8 Å². The summed E-state index contributed by atoms with van der Waals surface area (Å²) in [5.74, 6) is 7.52. The van der Waals surface area contributed by atoms with E-state index < -0.39 is 0 Å². The average Bonchev–Trinajstić information content (AvgIpc) is 2.64. The number of nitrogens with one attached hydrogen (secondary N) is 2. The minimum Gasteiger partial charge on any atom is -0.493 e. The molecule has 2 amide bonds. The lowest BCUT2D eigenvalue weighted by Crippen LogP contribution is -2.28. The molecular formula is C19H19BrN2O4. The van der Waals surface area contributed by atoms with Gasteiger partial charge in [0.2, 0.25) is 0 Å². The summed E-state index contributed by atoms with van der Waals surface area (Å²) in [6, 6.07) is 12.3. The molecule has 0 aliphatic heterocycles. The van der Waals surface area contributed by atoms with Gasteiger partial charge in [-0.25, -0.2) is 4.79 Å². The molecule has 0 aliphatic rings. The first-order valence-electron chi connectivity index (χ1n) is 7.73. The van der Waals surface area contributed by atoms with E-state index in [0.29, 0.717) is 17.2 Å². The Labute approximate surface area is 161 Å². The van der Waals surface area contributed by atoms with Crippen LogP contribution in [0.4, 0.5) is 10.5 Å². The predicted octanol–water partition coefficient (Wildman–Crippen LogP) is 3.67. The second kappa shape index (κ2) is 10.2. The van der Waals surface area contributed by atoms with Crippen molar-refractivity contribution in [1.82, 2.24) is 5.32 Å². The molecule has 0 heterocycles. The van der Waals surface area contributed by atoms with Crippen LogP contribution >= 0.6 is 15.9 Å². The Morgan fingerprint density at radius 3 is 2.62 bits per heavy atom. The predicted molar refractivity (Wildman–Crippen MR) is 104 cm³/mol. The molecule has 26 heavy (non-hydrogen) atoms. The second-order valence-electron chi connectivity index (χ2n) is 4.98. The van der Waals surface area contributed by atoms with Crippen molar-refractivity contribution in [3.8, 4) is 29.1 Å². The first kappa shape index (κ1) is 19.5. The second-order valence-corrected chi connectivity index (χ2v) is 5.89. The van der Waals surface area contributed by atoms with Crippen molar-refractivity contribution in [3.63, 3.8) is 0 Å². The maximum Gasteiger partial charge on any atom is 0.319 e. The zero-order valence-corrected chi connectivity index (χ0v) is 16.1. The number of ether oxygens (including phenoxy) is 3. The molecular weight excluding hydrogens is 400 g/mol. The Balaban J connectivity index is 1.74. The first-order chi connectivity index (χ1) is 12.6. The van der Waals surface area contributed by atoms with Crippen LogP contribution in [0.3, 0.4) is 0 Å². The van der Waals surface area contributed by atoms with Gasteiger partial charge >= 0.3 is 6.03 Å². The molecule has 6 nitrogen and oxygen atoms in total. The van der Waals surface area contributed by atoms with E-state index in [4.69, 9.17) is 14.2 Å². The third kappa shape index (κ3) is 6.22. The summed E-state index contributed by atoms with van der Waals surface area (Å²) in [7, 11) is 3.09. The third-order valence-electron chi connectivity index (χ3n) is 3.21. The van der Waals surface area contributed by atoms with Crippen LogP contribution in [0, 0.1) is 11.8 Å². The number of hydrogen-bond donors (Lipinski definition) is 2. The van der Waals surface area contributed by atoms with Gasteiger partial charge in [0.15, 0.2) is 11.5 Å². The van der Waals surface area contributed by atoms with Gasteiger partial charge in [-0.15, -0.1) is 0 Å². The summed E-state index contributed by atoms with van der Waals surface area (Å²) >= 11 is 3.37. The van der Waals surface area contributed by atoms with Crippen LogP contribution in [0.5, 0.6) is 17.2 Å². The van der Waals surface area contributed by atoms with Crippen LogP contribution in [0.2, 0.25) is 0 Å². The lowest BCUT2D eigenvalue weighted by Gasteiger charge is -2.10. The summed E-state index contributed by atoms with van der Waals surface area (Å²) in [5.41, 5.74) is 0.589. The summed E-state index contributed by atoms with van der Waals surface area (Å²) in [6.45, 7) is 0.455. The van der Waals surface area contributed by atoms with Crippen LogP contribution in [-0.4, -0.2) is 33.4 Å². The molecule has 2 rings (SSSR count). The number of halogens is 1. The van der Waals surface area contributed by atoms with Crippen molar-refractivity contribution in [3.05, 3.63) is 46.9 Å². The fraction of sp³-hybridized carbons (Fsp3) is 0.211. The number of methoxy groups -OCH3 is 2. The van der Waals surface area contributed by atoms with E-state index in [9.17, 15) is 4.79 Å². The molecule has 2 aromatic rings. The highest BCUT2D eigenvalue weighted by molar-refractivity contribution is 9.10. The molecule has 0 saturated carbocycles. The van der Waals surface area contributed by atoms with Gasteiger partial charge in [0.25, 0.3) is 0 Å². The molecule has 0 aliphatic carbocycles. The van der Waals surface area contributed by atoms with Gasteiger partial charge in [-0.1, -0.05) is 33.8 Å². The number of urea groups is 1. The molecule has 2 N–H and O–H groups in total. The van der Waals surface area contributed by atoms with Crippen molar-refractivity contribution in [2.75, 3.05) is 32.7 Å². The van der Waals surface area contributed by atoms with Crippen LogP contribution in [0.15, 0.2) is 46.9 Å².